The van der Waals surface area contributed by atoms with Gasteiger partial charge in [0.25, 0.3) is 10.0 Å². The Kier molecular flexibility index (Phi) is 8.12. The van der Waals surface area contributed by atoms with E-state index in [9.17, 15) is 8.42 Å². The van der Waals surface area contributed by atoms with Crippen LogP contribution in [-0.4, -0.2) is 55.2 Å². The van der Waals surface area contributed by atoms with Crippen molar-refractivity contribution in [1.29, 1.82) is 0 Å². The smallest absolute Gasteiger partial charge is 0.262 e. The summed E-state index contributed by atoms with van der Waals surface area (Å²) < 4.78 is 40.9. The number of aromatic nitrogens is 2. The van der Waals surface area contributed by atoms with E-state index in [-0.39, 0.29) is 18.1 Å². The highest BCUT2D eigenvalue weighted by atomic mass is 32.2. The summed E-state index contributed by atoms with van der Waals surface area (Å²) in [6.45, 7) is 3.94. The molecule has 0 fully saturated rings. The quantitative estimate of drug-likeness (QED) is 0.426. The summed E-state index contributed by atoms with van der Waals surface area (Å²) in [5.74, 6) is 1.44. The second kappa shape index (κ2) is 10.8. The van der Waals surface area contributed by atoms with E-state index in [0.29, 0.717) is 6.54 Å². The Morgan fingerprint density at radius 2 is 1.36 bits per heavy atom. The summed E-state index contributed by atoms with van der Waals surface area (Å²) in [5.41, 5.74) is 2.55. The molecule has 0 spiro atoms. The minimum absolute atomic E-state index is 0.0477. The normalized spacial score (nSPS) is 11.8. The standard InChI is InChI=1S/C24H32N4O4S/c1-6-26(2)18-21-15-24(25-27(21)3)33(29,30)28(16-19-7-11-22(31-4)12-8-19)17-20-9-13-23(32-5)14-10-20/h7-15H,6,16-18H2,1-5H3. The van der Waals surface area contributed by atoms with E-state index in [1.807, 2.05) is 55.6 Å². The highest BCUT2D eigenvalue weighted by Crippen LogP contribution is 2.23. The molecule has 0 aliphatic heterocycles. The van der Waals surface area contributed by atoms with Crippen molar-refractivity contribution < 1.29 is 17.9 Å². The van der Waals surface area contributed by atoms with Gasteiger partial charge in [-0.05, 0) is 49.0 Å². The molecule has 3 aromatic rings. The first-order valence-corrected chi connectivity index (χ1v) is 12.2. The molecule has 8 nitrogen and oxygen atoms in total. The fourth-order valence-corrected chi connectivity index (χ4v) is 4.78. The van der Waals surface area contributed by atoms with Gasteiger partial charge in [0.05, 0.1) is 19.9 Å². The van der Waals surface area contributed by atoms with Crippen molar-refractivity contribution in [2.75, 3.05) is 27.8 Å². The molecule has 0 unspecified atom stereocenters. The lowest BCUT2D eigenvalue weighted by Gasteiger charge is -2.21. The van der Waals surface area contributed by atoms with Crippen LogP contribution in [0.4, 0.5) is 0 Å². The highest BCUT2D eigenvalue weighted by molar-refractivity contribution is 7.89. The molecule has 178 valence electrons. The fraction of sp³-hybridized carbons (Fsp3) is 0.375. The molecule has 3 rings (SSSR count). The van der Waals surface area contributed by atoms with Crippen molar-refractivity contribution in [2.45, 2.75) is 31.6 Å². The monoisotopic (exact) mass is 472 g/mol. The van der Waals surface area contributed by atoms with Crippen LogP contribution in [0.25, 0.3) is 0 Å². The van der Waals surface area contributed by atoms with E-state index >= 15 is 0 Å². The Morgan fingerprint density at radius 3 is 1.79 bits per heavy atom. The maximum Gasteiger partial charge on any atom is 0.262 e. The maximum atomic E-state index is 13.7. The minimum atomic E-state index is -3.85. The minimum Gasteiger partial charge on any atom is -0.497 e. The lowest BCUT2D eigenvalue weighted by molar-refractivity contribution is 0.335. The van der Waals surface area contributed by atoms with Gasteiger partial charge in [-0.25, -0.2) is 8.42 Å². The average molecular weight is 473 g/mol. The largest absolute Gasteiger partial charge is 0.497 e. The van der Waals surface area contributed by atoms with Crippen molar-refractivity contribution >= 4 is 10.0 Å². The molecule has 0 atom stereocenters. The average Bonchev–Trinajstić information content (AvgIpc) is 3.20. The first-order chi connectivity index (χ1) is 15.8. The molecule has 0 aliphatic carbocycles. The Balaban J connectivity index is 1.94. The van der Waals surface area contributed by atoms with E-state index in [1.165, 1.54) is 4.31 Å². The van der Waals surface area contributed by atoms with E-state index in [1.54, 1.807) is 32.0 Å². The molecule has 2 aromatic carbocycles. The summed E-state index contributed by atoms with van der Waals surface area (Å²) in [7, 11) is 3.11. The molecule has 0 aliphatic rings. The number of ether oxygens (including phenoxy) is 2. The van der Waals surface area contributed by atoms with Gasteiger partial charge in [0.1, 0.15) is 11.5 Å². The van der Waals surface area contributed by atoms with Crippen LogP contribution in [0, 0.1) is 0 Å². The zero-order chi connectivity index (χ0) is 24.0. The van der Waals surface area contributed by atoms with Crippen molar-refractivity contribution in [3.8, 4) is 11.5 Å². The number of hydrogen-bond donors (Lipinski definition) is 0. The molecule has 1 heterocycles. The Hall–Kier alpha value is -2.88. The maximum absolute atomic E-state index is 13.7. The summed E-state index contributed by atoms with van der Waals surface area (Å²) in [6, 6.07) is 16.5. The van der Waals surface area contributed by atoms with E-state index in [2.05, 4.69) is 16.9 Å². The first kappa shape index (κ1) is 24.8. The molecule has 0 bridgehead atoms. The van der Waals surface area contributed by atoms with Crippen molar-refractivity contribution in [3.63, 3.8) is 0 Å². The number of sulfonamides is 1. The van der Waals surface area contributed by atoms with Crippen LogP contribution >= 0.6 is 0 Å². The lowest BCUT2D eigenvalue weighted by Crippen LogP contribution is -2.30. The molecule has 0 saturated heterocycles. The van der Waals surface area contributed by atoms with Gasteiger partial charge in [-0.3, -0.25) is 4.68 Å². The van der Waals surface area contributed by atoms with E-state index < -0.39 is 10.0 Å². The molecule has 0 saturated carbocycles. The third-order valence-corrected chi connectivity index (χ3v) is 7.23. The molecule has 1 aromatic heterocycles. The molecular formula is C24H32N4O4S. The molecule has 9 heteroatoms. The van der Waals surface area contributed by atoms with Crippen LogP contribution in [0.1, 0.15) is 23.7 Å². The summed E-state index contributed by atoms with van der Waals surface area (Å²) in [6.07, 6.45) is 0. The lowest BCUT2D eigenvalue weighted by atomic mass is 10.2. The third kappa shape index (κ3) is 6.13. The summed E-state index contributed by atoms with van der Waals surface area (Å²) in [5, 5.41) is 4.40. The Bertz CT molecular complexity index is 1090. The van der Waals surface area contributed by atoms with Crippen LogP contribution in [-0.2, 0) is 36.7 Å². The van der Waals surface area contributed by atoms with E-state index in [4.69, 9.17) is 9.47 Å². The number of rotatable bonds is 11. The summed E-state index contributed by atoms with van der Waals surface area (Å²) >= 11 is 0. The Labute approximate surface area is 196 Å². The fourth-order valence-electron chi connectivity index (χ4n) is 3.37. The third-order valence-electron chi connectivity index (χ3n) is 5.57. The van der Waals surface area contributed by atoms with Gasteiger partial charge < -0.3 is 14.4 Å². The van der Waals surface area contributed by atoms with Crippen LogP contribution in [0.3, 0.4) is 0 Å². The number of hydrogen-bond acceptors (Lipinski definition) is 6. The molecule has 0 N–H and O–H groups in total. The van der Waals surface area contributed by atoms with Gasteiger partial charge in [0.15, 0.2) is 5.03 Å². The van der Waals surface area contributed by atoms with Gasteiger partial charge in [-0.15, -0.1) is 0 Å². The zero-order valence-electron chi connectivity index (χ0n) is 19.9. The topological polar surface area (TPSA) is 76.9 Å². The van der Waals surface area contributed by atoms with Crippen molar-refractivity contribution in [3.05, 3.63) is 71.4 Å². The number of aryl methyl sites for hydroxylation is 1. The number of benzene rings is 2. The predicted molar refractivity (Wildman–Crippen MR) is 128 cm³/mol. The highest BCUT2D eigenvalue weighted by Gasteiger charge is 2.28. The number of methoxy groups -OCH3 is 2. The molecule has 0 radical (unpaired) electrons. The predicted octanol–water partition coefficient (Wildman–Crippen LogP) is 3.28. The second-order valence-electron chi connectivity index (χ2n) is 7.90. The molecular weight excluding hydrogens is 440 g/mol. The van der Waals surface area contributed by atoms with Crippen LogP contribution in [0.2, 0.25) is 0 Å². The van der Waals surface area contributed by atoms with E-state index in [0.717, 1.165) is 34.9 Å². The van der Waals surface area contributed by atoms with Crippen molar-refractivity contribution in [1.82, 2.24) is 19.0 Å². The number of nitrogens with zero attached hydrogens (tertiary/aromatic N) is 4. The van der Waals surface area contributed by atoms with Gasteiger partial charge in [0, 0.05) is 32.7 Å². The Morgan fingerprint density at radius 1 is 0.879 bits per heavy atom. The van der Waals surface area contributed by atoms with Crippen molar-refractivity contribution in [2.24, 2.45) is 7.05 Å². The van der Waals surface area contributed by atoms with Crippen LogP contribution in [0.15, 0.2) is 59.6 Å². The SMILES string of the molecule is CCN(C)Cc1cc(S(=O)(=O)N(Cc2ccc(OC)cc2)Cc2ccc(OC)cc2)nn1C. The second-order valence-corrected chi connectivity index (χ2v) is 9.78. The molecule has 33 heavy (non-hydrogen) atoms. The van der Waals surface area contributed by atoms with Gasteiger partial charge in [-0.1, -0.05) is 31.2 Å². The first-order valence-electron chi connectivity index (χ1n) is 10.7. The summed E-state index contributed by atoms with van der Waals surface area (Å²) in [4.78, 5) is 2.10. The molecule has 0 amide bonds. The van der Waals surface area contributed by atoms with Gasteiger partial charge in [-0.2, -0.15) is 9.40 Å². The van der Waals surface area contributed by atoms with Gasteiger partial charge in [0.2, 0.25) is 0 Å². The zero-order valence-corrected chi connectivity index (χ0v) is 20.7. The van der Waals surface area contributed by atoms with Crippen LogP contribution in [0.5, 0.6) is 11.5 Å². The van der Waals surface area contributed by atoms with Crippen LogP contribution < -0.4 is 9.47 Å². The van der Waals surface area contributed by atoms with Gasteiger partial charge >= 0.3 is 0 Å².